The molecule has 0 aliphatic rings. The molecular formula is C21H13ClO5. The van der Waals surface area contributed by atoms with E-state index < -0.39 is 10.2 Å². The summed E-state index contributed by atoms with van der Waals surface area (Å²) in [7, 11) is -4.94. The zero-order valence-corrected chi connectivity index (χ0v) is 14.7. The van der Waals surface area contributed by atoms with Gasteiger partial charge < -0.3 is 0 Å². The summed E-state index contributed by atoms with van der Waals surface area (Å²) in [5, 5.41) is 7.29. The average Bonchev–Trinajstić information content (AvgIpc) is 2.65. The second kappa shape index (κ2) is 6.74. The van der Waals surface area contributed by atoms with Crippen LogP contribution in [0, 0.1) is 10.2 Å². The Labute approximate surface area is 156 Å². The molecule has 6 heteroatoms. The molecule has 0 aliphatic carbocycles. The monoisotopic (exact) mass is 380 g/mol. The molecule has 1 aromatic heterocycles. The molecule has 0 atom stereocenters. The Morgan fingerprint density at radius 1 is 0.519 bits per heavy atom. The lowest BCUT2D eigenvalue weighted by Crippen LogP contribution is -2.68. The molecule has 27 heavy (non-hydrogen) atoms. The molecule has 0 saturated carbocycles. The molecule has 1 heterocycles. The predicted molar refractivity (Wildman–Crippen MR) is 93.1 cm³/mol. The van der Waals surface area contributed by atoms with Gasteiger partial charge >= 0.3 is 11.2 Å². The van der Waals surface area contributed by atoms with Gasteiger partial charge in [-0.25, -0.2) is 23.1 Å². The van der Waals surface area contributed by atoms with E-state index in [-0.39, 0.29) is 0 Å². The molecule has 0 aliphatic heterocycles. The van der Waals surface area contributed by atoms with Crippen molar-refractivity contribution in [1.82, 2.24) is 0 Å². The molecule has 0 spiro atoms. The second-order valence-electron chi connectivity index (χ2n) is 6.02. The van der Waals surface area contributed by atoms with Crippen molar-refractivity contribution in [1.29, 1.82) is 0 Å². The van der Waals surface area contributed by atoms with Crippen molar-refractivity contribution in [3.8, 4) is 0 Å². The van der Waals surface area contributed by atoms with Gasteiger partial charge in [-0.15, -0.1) is 10.2 Å². The van der Waals surface area contributed by atoms with Gasteiger partial charge in [-0.05, 0) is 39.7 Å². The van der Waals surface area contributed by atoms with Crippen LogP contribution in [0.15, 0.2) is 83.3 Å². The first-order valence-electron chi connectivity index (χ1n) is 8.08. The van der Waals surface area contributed by atoms with Crippen LogP contribution in [-0.2, 0) is 0 Å². The Kier molecular flexibility index (Phi) is 4.39. The van der Waals surface area contributed by atoms with Crippen LogP contribution in [0.3, 0.4) is 0 Å². The Bertz CT molecular complexity index is 1180. The van der Waals surface area contributed by atoms with Crippen LogP contribution >= 0.6 is 0 Å². The molecule has 5 nitrogen and oxygen atoms in total. The Morgan fingerprint density at radius 3 is 1.37 bits per heavy atom. The SMILES string of the molecule is [O-][Cl+3]([O-])([O-])[O-].c1ccc2c(c1)ccc1[o+]c3ccc4ccccc4c3cc12. The molecule has 5 aromatic rings. The zero-order chi connectivity index (χ0) is 19.0. The number of benzene rings is 4. The summed E-state index contributed by atoms with van der Waals surface area (Å²) in [6.45, 7) is 0. The number of hydrogen-bond acceptors (Lipinski definition) is 4. The van der Waals surface area contributed by atoms with Gasteiger partial charge in [0.05, 0.1) is 10.8 Å². The maximum atomic E-state index is 8.49. The van der Waals surface area contributed by atoms with Crippen molar-refractivity contribution in [2.45, 2.75) is 0 Å². The van der Waals surface area contributed by atoms with Crippen LogP contribution in [-0.4, -0.2) is 0 Å². The van der Waals surface area contributed by atoms with Crippen LogP contribution in [0.25, 0.3) is 43.5 Å². The fraction of sp³-hybridized carbons (Fsp3) is 0. The van der Waals surface area contributed by atoms with Gasteiger partial charge in [0.1, 0.15) is 0 Å². The number of hydrogen-bond donors (Lipinski definition) is 0. The van der Waals surface area contributed by atoms with Crippen molar-refractivity contribution in [3.63, 3.8) is 0 Å². The van der Waals surface area contributed by atoms with Gasteiger partial charge in [-0.2, -0.15) is 0 Å². The van der Waals surface area contributed by atoms with Gasteiger partial charge in [0.2, 0.25) is 0 Å². The topological polar surface area (TPSA) is 104 Å². The molecule has 0 fully saturated rings. The first-order chi connectivity index (χ1) is 12.9. The maximum absolute atomic E-state index is 8.49. The first kappa shape index (κ1) is 17.6. The molecule has 0 radical (unpaired) electrons. The maximum Gasteiger partial charge on any atom is 0.361 e. The largest absolute Gasteiger partial charge is 0.361 e. The molecule has 0 saturated heterocycles. The van der Waals surface area contributed by atoms with E-state index in [0.717, 1.165) is 11.2 Å². The van der Waals surface area contributed by atoms with E-state index >= 15 is 0 Å². The van der Waals surface area contributed by atoms with Crippen molar-refractivity contribution >= 4 is 43.5 Å². The zero-order valence-electron chi connectivity index (χ0n) is 13.9. The third kappa shape index (κ3) is 3.68. The van der Waals surface area contributed by atoms with E-state index in [9.17, 15) is 0 Å². The van der Waals surface area contributed by atoms with Crippen molar-refractivity contribution in [2.24, 2.45) is 0 Å². The fourth-order valence-electron chi connectivity index (χ4n) is 3.29. The normalized spacial score (nSPS) is 11.7. The summed E-state index contributed by atoms with van der Waals surface area (Å²) >= 11 is 0. The highest BCUT2D eigenvalue weighted by Gasteiger charge is 2.15. The van der Waals surface area contributed by atoms with Gasteiger partial charge in [-0.1, -0.05) is 48.5 Å². The number of halogens is 1. The third-order valence-corrected chi connectivity index (χ3v) is 4.37. The summed E-state index contributed by atoms with van der Waals surface area (Å²) in [6.07, 6.45) is 0. The molecule has 134 valence electrons. The van der Waals surface area contributed by atoms with E-state index in [2.05, 4.69) is 78.9 Å². The smallest absolute Gasteiger partial charge is 0.222 e. The highest BCUT2D eigenvalue weighted by molar-refractivity contribution is 6.13. The molecule has 0 bridgehead atoms. The lowest BCUT2D eigenvalue weighted by atomic mass is 10.0. The number of fused-ring (bicyclic) bond motifs is 6. The highest BCUT2D eigenvalue weighted by Crippen LogP contribution is 2.32. The van der Waals surface area contributed by atoms with Gasteiger partial charge in [-0.3, -0.25) is 0 Å². The summed E-state index contributed by atoms with van der Waals surface area (Å²) in [4.78, 5) is 0. The summed E-state index contributed by atoms with van der Waals surface area (Å²) in [5.74, 6) is 0. The minimum absolute atomic E-state index is 0.932. The van der Waals surface area contributed by atoms with Crippen molar-refractivity contribution < 1.29 is 33.3 Å². The van der Waals surface area contributed by atoms with Crippen molar-refractivity contribution in [3.05, 3.63) is 78.9 Å². The second-order valence-corrected chi connectivity index (χ2v) is 6.78. The first-order valence-corrected chi connectivity index (χ1v) is 9.31. The molecular weight excluding hydrogens is 368 g/mol. The minimum atomic E-state index is -4.94. The van der Waals surface area contributed by atoms with Crippen LogP contribution in [0.4, 0.5) is 0 Å². The van der Waals surface area contributed by atoms with E-state index in [0.29, 0.717) is 0 Å². The van der Waals surface area contributed by atoms with E-state index in [4.69, 9.17) is 23.1 Å². The quantitative estimate of drug-likeness (QED) is 0.229. The van der Waals surface area contributed by atoms with Crippen LogP contribution in [0.2, 0.25) is 0 Å². The Balaban J connectivity index is 0.000000323. The average molecular weight is 381 g/mol. The van der Waals surface area contributed by atoms with E-state index in [1.807, 2.05) is 0 Å². The molecule has 0 amide bonds. The van der Waals surface area contributed by atoms with Crippen LogP contribution in [0.1, 0.15) is 0 Å². The summed E-state index contributed by atoms with van der Waals surface area (Å²) in [6, 6.07) is 27.5. The van der Waals surface area contributed by atoms with Gasteiger partial charge in [0, 0.05) is 12.1 Å². The molecule has 0 N–H and O–H groups in total. The van der Waals surface area contributed by atoms with Crippen molar-refractivity contribution in [2.75, 3.05) is 0 Å². The molecule has 4 aromatic carbocycles. The summed E-state index contributed by atoms with van der Waals surface area (Å²) in [5.41, 5.74) is 1.86. The Hall–Kier alpha value is -2.80. The molecule has 0 unspecified atom stereocenters. The Morgan fingerprint density at radius 2 is 0.926 bits per heavy atom. The molecule has 5 rings (SSSR count). The van der Waals surface area contributed by atoms with Gasteiger partial charge in [0.15, 0.2) is 0 Å². The minimum Gasteiger partial charge on any atom is -0.222 e. The highest BCUT2D eigenvalue weighted by atomic mass is 35.7. The fourth-order valence-corrected chi connectivity index (χ4v) is 3.29. The van der Waals surface area contributed by atoms with E-state index in [1.54, 1.807) is 0 Å². The lowest BCUT2D eigenvalue weighted by molar-refractivity contribution is -2.00. The standard InChI is InChI=1S/C21H13O.ClHO4/c1-3-7-16-14(5-1)9-11-20-18(16)13-19-17-8-4-2-6-15(17)10-12-21(19)22-20;2-1(3,4)5/h1-13H;(H,2,3,4,5)/q+1;/p-1. The lowest BCUT2D eigenvalue weighted by Gasteiger charge is -2.17. The third-order valence-electron chi connectivity index (χ3n) is 4.37. The van der Waals surface area contributed by atoms with Crippen LogP contribution in [0.5, 0.6) is 0 Å². The van der Waals surface area contributed by atoms with Gasteiger partial charge in [0.25, 0.3) is 0 Å². The number of rotatable bonds is 0. The predicted octanol–water partition coefficient (Wildman–Crippen LogP) is 1.42. The summed E-state index contributed by atoms with van der Waals surface area (Å²) < 4.78 is 40.1. The van der Waals surface area contributed by atoms with Crippen LogP contribution < -0.4 is 18.6 Å². The van der Waals surface area contributed by atoms with E-state index in [1.165, 1.54) is 32.3 Å².